The van der Waals surface area contributed by atoms with Crippen LogP contribution in [-0.2, 0) is 9.05 Å². The Morgan fingerprint density at radius 2 is 1.24 bits per heavy atom. The van der Waals surface area contributed by atoms with Crippen molar-refractivity contribution in [3.05, 3.63) is 0 Å². The third kappa shape index (κ3) is 17.3. The zero-order valence-corrected chi connectivity index (χ0v) is 23.3. The van der Waals surface area contributed by atoms with Crippen LogP contribution in [0.25, 0.3) is 0 Å². The fourth-order valence-corrected chi connectivity index (χ4v) is 5.43. The van der Waals surface area contributed by atoms with Crippen LogP contribution in [0.3, 0.4) is 0 Å². The minimum absolute atomic E-state index is 0.565. The molecule has 6 heteroatoms. The van der Waals surface area contributed by atoms with Crippen LogP contribution in [0.1, 0.15) is 124 Å². The van der Waals surface area contributed by atoms with Crippen molar-refractivity contribution in [2.75, 3.05) is 45.9 Å². The zero-order valence-electron chi connectivity index (χ0n) is 22.4. The summed E-state index contributed by atoms with van der Waals surface area (Å²) in [4.78, 5) is 15.3. The molecule has 1 N–H and O–H groups in total. The fraction of sp³-hybridized carbons (Fsp3) is 1.00. The smallest absolute Gasteiger partial charge is 0.328 e. The van der Waals surface area contributed by atoms with E-state index in [9.17, 15) is 4.89 Å². The molecule has 1 aliphatic heterocycles. The van der Waals surface area contributed by atoms with Crippen molar-refractivity contribution in [1.82, 2.24) is 9.80 Å². The van der Waals surface area contributed by atoms with Crippen molar-refractivity contribution >= 4 is 8.60 Å². The van der Waals surface area contributed by atoms with Gasteiger partial charge in [-0.25, -0.2) is 0 Å². The van der Waals surface area contributed by atoms with Crippen molar-refractivity contribution in [3.63, 3.8) is 0 Å². The van der Waals surface area contributed by atoms with E-state index in [4.69, 9.17) is 9.05 Å². The zero-order chi connectivity index (χ0) is 24.0. The average molecular weight is 489 g/mol. The Morgan fingerprint density at radius 1 is 0.667 bits per heavy atom. The average Bonchev–Trinajstić information content (AvgIpc) is 3.06. The highest BCUT2D eigenvalue weighted by molar-refractivity contribution is 7.40. The summed E-state index contributed by atoms with van der Waals surface area (Å²) >= 11 is 0. The van der Waals surface area contributed by atoms with Gasteiger partial charge in [0, 0.05) is 25.7 Å². The molecule has 33 heavy (non-hydrogen) atoms. The molecule has 1 saturated heterocycles. The first kappa shape index (κ1) is 31.3. The summed E-state index contributed by atoms with van der Waals surface area (Å²) in [6, 6.07) is 0.768. The second kappa shape index (κ2) is 22.7. The molecule has 198 valence electrons. The number of hydrogen-bond donors (Lipinski definition) is 1. The second-order valence-corrected chi connectivity index (χ2v) is 10.9. The van der Waals surface area contributed by atoms with E-state index >= 15 is 0 Å². The van der Waals surface area contributed by atoms with Gasteiger partial charge in [0.1, 0.15) is 0 Å². The van der Waals surface area contributed by atoms with Crippen LogP contribution in [0.5, 0.6) is 0 Å². The topological polar surface area (TPSA) is 45.2 Å². The van der Waals surface area contributed by atoms with Crippen molar-refractivity contribution in [3.8, 4) is 0 Å². The summed E-state index contributed by atoms with van der Waals surface area (Å²) in [5, 5.41) is 0. The molecule has 1 aliphatic rings. The first-order valence-electron chi connectivity index (χ1n) is 14.4. The summed E-state index contributed by atoms with van der Waals surface area (Å²) in [6.45, 7) is 13.6. The van der Waals surface area contributed by atoms with Gasteiger partial charge in [0.2, 0.25) is 0 Å². The number of unbranched alkanes of at least 4 members (excludes halogenated alkanes) is 10. The Labute approximate surface area is 208 Å². The predicted octanol–water partition coefficient (Wildman–Crippen LogP) is 7.53. The lowest BCUT2D eigenvalue weighted by Gasteiger charge is -2.31. The van der Waals surface area contributed by atoms with E-state index in [1.165, 1.54) is 109 Å². The van der Waals surface area contributed by atoms with Crippen LogP contribution in [0.4, 0.5) is 0 Å². The maximum Gasteiger partial charge on any atom is 0.329 e. The van der Waals surface area contributed by atoms with Crippen molar-refractivity contribution < 1.29 is 13.9 Å². The number of rotatable bonds is 22. The Bertz CT molecular complexity index is 407. The molecular formula is C27H57N2O3P. The molecule has 0 aromatic rings. The van der Waals surface area contributed by atoms with Crippen LogP contribution in [0.2, 0.25) is 0 Å². The first-order valence-corrected chi connectivity index (χ1v) is 15.5. The van der Waals surface area contributed by atoms with Crippen molar-refractivity contribution in [2.45, 2.75) is 130 Å². The van der Waals surface area contributed by atoms with Gasteiger partial charge in [0.25, 0.3) is 0 Å². The Hall–Kier alpha value is 0.230. The van der Waals surface area contributed by atoms with Gasteiger partial charge in [-0.2, -0.15) is 0 Å². The lowest BCUT2D eigenvalue weighted by atomic mass is 10.00. The summed E-state index contributed by atoms with van der Waals surface area (Å²) in [7, 11) is -1.72. The summed E-state index contributed by atoms with van der Waals surface area (Å²) in [6.07, 6.45) is 20.9. The molecule has 1 fully saturated rings. The highest BCUT2D eigenvalue weighted by atomic mass is 31.2. The lowest BCUT2D eigenvalue weighted by Crippen LogP contribution is -2.39. The van der Waals surface area contributed by atoms with Crippen LogP contribution in [0, 0.1) is 0 Å². The summed E-state index contributed by atoms with van der Waals surface area (Å²) < 4.78 is 11.1. The van der Waals surface area contributed by atoms with Gasteiger partial charge < -0.3 is 13.9 Å². The molecule has 0 amide bonds. The molecule has 1 unspecified atom stereocenters. The molecule has 0 aliphatic carbocycles. The first-order chi connectivity index (χ1) is 16.2. The molecule has 5 nitrogen and oxygen atoms in total. The number of nitrogens with zero attached hydrogens (tertiary/aromatic N) is 2. The lowest BCUT2D eigenvalue weighted by molar-refractivity contribution is 0.156. The second-order valence-electron chi connectivity index (χ2n) is 9.90. The molecule has 0 radical (unpaired) electrons. The van der Waals surface area contributed by atoms with E-state index in [1.54, 1.807) is 0 Å². The minimum Gasteiger partial charge on any atom is -0.328 e. The van der Waals surface area contributed by atoms with E-state index in [1.807, 2.05) is 0 Å². The molecule has 0 aromatic heterocycles. The highest BCUT2D eigenvalue weighted by Gasteiger charge is 2.21. The predicted molar refractivity (Wildman–Crippen MR) is 144 cm³/mol. The largest absolute Gasteiger partial charge is 0.329 e. The fourth-order valence-electron chi connectivity index (χ4n) is 4.84. The quantitative estimate of drug-likeness (QED) is 0.126. The van der Waals surface area contributed by atoms with Gasteiger partial charge in [-0.15, -0.1) is 0 Å². The maximum absolute atomic E-state index is 10.0. The van der Waals surface area contributed by atoms with Crippen molar-refractivity contribution in [2.24, 2.45) is 0 Å². The summed E-state index contributed by atoms with van der Waals surface area (Å²) in [5.74, 6) is 0. The number of hydrogen-bond acceptors (Lipinski definition) is 5. The molecular weight excluding hydrogens is 431 g/mol. The molecule has 1 heterocycles. The maximum atomic E-state index is 10.0. The standard InChI is InChI=1S/C27H57N2O3P/c1-4-7-10-11-12-13-16-25-31-33(30)32-26-24-28-20-17-21-29(23-22-28)27(18-14-8-5-2)19-15-9-6-3/h27,30H,4-26H2,1-3H3. The SMILES string of the molecule is CCCCCCCCCOP(O)OCCN1CCCN(C(CCCCC)CCCCC)CC1. The Morgan fingerprint density at radius 3 is 1.91 bits per heavy atom. The Balaban J connectivity index is 2.17. The van der Waals surface area contributed by atoms with Crippen LogP contribution in [0.15, 0.2) is 0 Å². The van der Waals surface area contributed by atoms with Gasteiger partial charge >= 0.3 is 8.60 Å². The third-order valence-corrected chi connectivity index (χ3v) is 7.79. The van der Waals surface area contributed by atoms with Gasteiger partial charge in [-0.3, -0.25) is 9.80 Å². The van der Waals surface area contributed by atoms with Crippen LogP contribution < -0.4 is 0 Å². The van der Waals surface area contributed by atoms with Gasteiger partial charge in [-0.05, 0) is 38.8 Å². The van der Waals surface area contributed by atoms with E-state index in [0.29, 0.717) is 13.2 Å². The normalized spacial score (nSPS) is 17.0. The highest BCUT2D eigenvalue weighted by Crippen LogP contribution is 2.32. The summed E-state index contributed by atoms with van der Waals surface area (Å²) in [5.41, 5.74) is 0. The third-order valence-electron chi connectivity index (χ3n) is 6.98. The van der Waals surface area contributed by atoms with E-state index in [-0.39, 0.29) is 0 Å². The molecule has 0 spiro atoms. The van der Waals surface area contributed by atoms with Crippen LogP contribution >= 0.6 is 8.60 Å². The van der Waals surface area contributed by atoms with Gasteiger partial charge in [0.15, 0.2) is 0 Å². The molecule has 1 atom stereocenters. The molecule has 0 saturated carbocycles. The van der Waals surface area contributed by atoms with E-state index in [0.717, 1.165) is 32.1 Å². The van der Waals surface area contributed by atoms with Crippen molar-refractivity contribution in [1.29, 1.82) is 0 Å². The molecule has 0 bridgehead atoms. The van der Waals surface area contributed by atoms with Gasteiger partial charge in [-0.1, -0.05) is 97.8 Å². The van der Waals surface area contributed by atoms with Gasteiger partial charge in [0.05, 0.1) is 13.2 Å². The van der Waals surface area contributed by atoms with Crippen LogP contribution in [-0.4, -0.2) is 66.7 Å². The minimum atomic E-state index is -1.72. The molecule has 0 aromatic carbocycles. The van der Waals surface area contributed by atoms with E-state index < -0.39 is 8.60 Å². The van der Waals surface area contributed by atoms with E-state index in [2.05, 4.69) is 30.6 Å². The molecule has 1 rings (SSSR count). The monoisotopic (exact) mass is 488 g/mol. The Kier molecular flexibility index (Phi) is 21.5.